The molecule has 1 unspecified atom stereocenters. The third-order valence-electron chi connectivity index (χ3n) is 8.28. The Hall–Kier alpha value is -3.74. The number of alkyl halides is 2. The summed E-state index contributed by atoms with van der Waals surface area (Å²) in [6.07, 6.45) is 11.1. The van der Waals surface area contributed by atoms with Gasteiger partial charge in [0.2, 0.25) is 5.88 Å². The van der Waals surface area contributed by atoms with Gasteiger partial charge in [-0.3, -0.25) is 4.98 Å². The number of benzene rings is 1. The molecule has 1 saturated carbocycles. The van der Waals surface area contributed by atoms with E-state index in [0.29, 0.717) is 5.57 Å². The molecule has 1 aliphatic carbocycles. The number of hydrogen-bond acceptors (Lipinski definition) is 3. The van der Waals surface area contributed by atoms with Crippen molar-refractivity contribution in [3.05, 3.63) is 98.2 Å². The lowest BCUT2D eigenvalue weighted by Crippen LogP contribution is -2.12. The molecule has 1 heterocycles. The van der Waals surface area contributed by atoms with Crippen molar-refractivity contribution in [1.29, 1.82) is 5.41 Å². The largest absolute Gasteiger partial charge is 0.493 e. The van der Waals surface area contributed by atoms with Crippen molar-refractivity contribution in [3.8, 4) is 5.88 Å². The summed E-state index contributed by atoms with van der Waals surface area (Å²) in [6, 6.07) is 6.67. The molecule has 0 bridgehead atoms. The number of aromatic nitrogens is 2. The molecule has 41 heavy (non-hydrogen) atoms. The molecule has 0 aliphatic heterocycles. The van der Waals surface area contributed by atoms with E-state index in [4.69, 9.17) is 5.41 Å². The number of rotatable bonds is 14. The summed E-state index contributed by atoms with van der Waals surface area (Å²) in [5.74, 6) is -2.52. The molecule has 1 aromatic heterocycles. The number of allylic oxidation sites excluding steroid dienone is 8. The molecular weight excluding hydrogens is 520 g/mol. The SMILES string of the molecule is C=CCC(F)(F)c1cccc(C(C=C(CCC2CC2)C(C)C(C)=C(C)/C(C=N)=C\c2[nH]c(=O)[nH]c2O)=C(C)CC)c1. The highest BCUT2D eigenvalue weighted by molar-refractivity contribution is 5.89. The summed E-state index contributed by atoms with van der Waals surface area (Å²) in [5.41, 5.74) is 6.24. The van der Waals surface area contributed by atoms with Crippen molar-refractivity contribution in [2.24, 2.45) is 11.8 Å². The van der Waals surface area contributed by atoms with Crippen LogP contribution < -0.4 is 5.69 Å². The van der Waals surface area contributed by atoms with Crippen molar-refractivity contribution < 1.29 is 13.9 Å². The second-order valence-corrected chi connectivity index (χ2v) is 11.1. The van der Waals surface area contributed by atoms with Crippen LogP contribution in [0.15, 0.2) is 75.7 Å². The van der Waals surface area contributed by atoms with Gasteiger partial charge in [-0.25, -0.2) is 13.6 Å². The van der Waals surface area contributed by atoms with Gasteiger partial charge in [-0.05, 0) is 86.3 Å². The van der Waals surface area contributed by atoms with Crippen molar-refractivity contribution in [2.75, 3.05) is 0 Å². The Bertz CT molecular complexity index is 1450. The second kappa shape index (κ2) is 13.7. The lowest BCUT2D eigenvalue weighted by atomic mass is 9.83. The quantitative estimate of drug-likeness (QED) is 0.105. The van der Waals surface area contributed by atoms with Crippen molar-refractivity contribution in [2.45, 2.75) is 79.1 Å². The highest BCUT2D eigenvalue weighted by atomic mass is 19.3. The first-order chi connectivity index (χ1) is 19.4. The van der Waals surface area contributed by atoms with Gasteiger partial charge >= 0.3 is 5.69 Å². The predicted molar refractivity (Wildman–Crippen MR) is 165 cm³/mol. The van der Waals surface area contributed by atoms with Gasteiger partial charge in [0.1, 0.15) is 5.69 Å². The van der Waals surface area contributed by atoms with Crippen LogP contribution in [0.3, 0.4) is 0 Å². The van der Waals surface area contributed by atoms with Crippen LogP contribution in [-0.4, -0.2) is 21.3 Å². The average Bonchev–Trinajstić information content (AvgIpc) is 3.72. The fourth-order valence-electron chi connectivity index (χ4n) is 4.97. The molecular formula is C34H43F2N3O2. The van der Waals surface area contributed by atoms with Crippen LogP contribution in [0.2, 0.25) is 0 Å². The topological polar surface area (TPSA) is 92.7 Å². The Labute approximate surface area is 242 Å². The maximum Gasteiger partial charge on any atom is 0.326 e. The van der Waals surface area contributed by atoms with E-state index in [2.05, 4.69) is 43.4 Å². The molecule has 0 amide bonds. The Morgan fingerprint density at radius 1 is 1.24 bits per heavy atom. The molecule has 3 rings (SSSR count). The molecule has 1 atom stereocenters. The Morgan fingerprint density at radius 3 is 2.51 bits per heavy atom. The number of halogens is 2. The summed E-state index contributed by atoms with van der Waals surface area (Å²) in [6.45, 7) is 13.7. The van der Waals surface area contributed by atoms with Crippen LogP contribution in [0.5, 0.6) is 5.88 Å². The average molecular weight is 564 g/mol. The number of H-pyrrole nitrogens is 2. The third-order valence-corrected chi connectivity index (χ3v) is 8.28. The highest BCUT2D eigenvalue weighted by Crippen LogP contribution is 2.39. The van der Waals surface area contributed by atoms with Crippen molar-refractivity contribution in [1.82, 2.24) is 9.97 Å². The van der Waals surface area contributed by atoms with E-state index < -0.39 is 18.0 Å². The van der Waals surface area contributed by atoms with Gasteiger partial charge < -0.3 is 15.5 Å². The zero-order valence-electron chi connectivity index (χ0n) is 24.8. The molecule has 1 aromatic carbocycles. The fraction of sp³-hybridized carbons (Fsp3) is 0.412. The molecule has 1 aliphatic rings. The number of nitrogens with one attached hydrogen (secondary N) is 3. The number of imidazole rings is 1. The summed E-state index contributed by atoms with van der Waals surface area (Å²) in [4.78, 5) is 16.4. The van der Waals surface area contributed by atoms with Crippen LogP contribution in [0.1, 0.15) is 90.0 Å². The molecule has 5 nitrogen and oxygen atoms in total. The van der Waals surface area contributed by atoms with E-state index in [1.807, 2.05) is 19.9 Å². The summed E-state index contributed by atoms with van der Waals surface area (Å²) in [5, 5.41) is 18.0. The Morgan fingerprint density at radius 2 is 1.95 bits per heavy atom. The zero-order valence-corrected chi connectivity index (χ0v) is 24.8. The van der Waals surface area contributed by atoms with Crippen molar-refractivity contribution >= 4 is 17.9 Å². The minimum atomic E-state index is -2.99. The van der Waals surface area contributed by atoms with Crippen LogP contribution in [0.4, 0.5) is 8.78 Å². The first-order valence-electron chi connectivity index (χ1n) is 14.3. The maximum atomic E-state index is 14.8. The normalized spacial score (nSPS) is 16.7. The fourth-order valence-corrected chi connectivity index (χ4v) is 4.97. The second-order valence-electron chi connectivity index (χ2n) is 11.1. The maximum absolute atomic E-state index is 14.8. The first kappa shape index (κ1) is 31.8. The van der Waals surface area contributed by atoms with Gasteiger partial charge in [-0.15, -0.1) is 6.58 Å². The molecule has 4 N–H and O–H groups in total. The van der Waals surface area contributed by atoms with Crippen LogP contribution >= 0.6 is 0 Å². The summed E-state index contributed by atoms with van der Waals surface area (Å²) < 4.78 is 29.6. The van der Waals surface area contributed by atoms with E-state index in [-0.39, 0.29) is 23.1 Å². The van der Waals surface area contributed by atoms with Gasteiger partial charge in [0.15, 0.2) is 0 Å². The Kier molecular flexibility index (Phi) is 10.7. The van der Waals surface area contributed by atoms with Gasteiger partial charge in [-0.1, -0.05) is 73.8 Å². The van der Waals surface area contributed by atoms with Crippen LogP contribution in [-0.2, 0) is 5.92 Å². The molecule has 0 saturated heterocycles. The molecule has 2 aromatic rings. The number of aromatic hydroxyl groups is 1. The van der Waals surface area contributed by atoms with Gasteiger partial charge in [0, 0.05) is 18.2 Å². The van der Waals surface area contributed by atoms with Gasteiger partial charge in [-0.2, -0.15) is 0 Å². The standard InChI is InChI=1S/C34H43F2N3O2/c1-7-16-34(35,36)29-11-9-10-27(17-29)30(21(3)8-2)18-26(15-14-25-12-13-25)23(5)22(4)24(6)28(20-37)19-31-32(40)39-33(41)38-31/h7,9-11,17-20,23,25,37,40H,1,8,12-16H2,2-6H3,(H2,38,39,41)/b24-22?,26-18?,28-19-,30-21?,37-20?. The van der Waals surface area contributed by atoms with E-state index in [1.165, 1.54) is 36.8 Å². The first-order valence-corrected chi connectivity index (χ1v) is 14.3. The smallest absolute Gasteiger partial charge is 0.326 e. The summed E-state index contributed by atoms with van der Waals surface area (Å²) in [7, 11) is 0. The predicted octanol–water partition coefficient (Wildman–Crippen LogP) is 9.08. The summed E-state index contributed by atoms with van der Waals surface area (Å²) >= 11 is 0. The minimum absolute atomic E-state index is 0.0148. The number of aromatic amines is 2. The van der Waals surface area contributed by atoms with Gasteiger partial charge in [0.25, 0.3) is 5.92 Å². The molecule has 220 valence electrons. The molecule has 0 radical (unpaired) electrons. The lowest BCUT2D eigenvalue weighted by molar-refractivity contribution is -0.000873. The van der Waals surface area contributed by atoms with E-state index in [1.54, 1.807) is 18.2 Å². The highest BCUT2D eigenvalue weighted by Gasteiger charge is 2.30. The van der Waals surface area contributed by atoms with Crippen LogP contribution in [0.25, 0.3) is 11.6 Å². The molecule has 1 fully saturated rings. The third kappa shape index (κ3) is 8.15. The van der Waals surface area contributed by atoms with Gasteiger partial charge in [0.05, 0.1) is 0 Å². The lowest BCUT2D eigenvalue weighted by Gasteiger charge is -2.22. The van der Waals surface area contributed by atoms with E-state index >= 15 is 0 Å². The van der Waals surface area contributed by atoms with E-state index in [0.717, 1.165) is 53.0 Å². The monoisotopic (exact) mass is 563 g/mol. The number of hydrogen-bond donors (Lipinski definition) is 4. The van der Waals surface area contributed by atoms with Crippen molar-refractivity contribution in [3.63, 3.8) is 0 Å². The van der Waals surface area contributed by atoms with E-state index in [9.17, 15) is 18.7 Å². The Balaban J connectivity index is 2.09. The molecule has 7 heteroatoms. The minimum Gasteiger partial charge on any atom is -0.493 e. The van der Waals surface area contributed by atoms with Crippen LogP contribution in [0, 0.1) is 17.2 Å². The molecule has 0 spiro atoms. The zero-order chi connectivity index (χ0) is 30.3.